The number of amides is 3. The Morgan fingerprint density at radius 3 is 2.53 bits per heavy atom. The zero-order valence-electron chi connectivity index (χ0n) is 36.1. The van der Waals surface area contributed by atoms with Gasteiger partial charge in [0.1, 0.15) is 17.4 Å². The average molecular weight is 893 g/mol. The van der Waals surface area contributed by atoms with Crippen molar-refractivity contribution >= 4 is 51.6 Å². The van der Waals surface area contributed by atoms with Gasteiger partial charge in [-0.3, -0.25) is 38.4 Å². The van der Waals surface area contributed by atoms with Gasteiger partial charge in [-0.1, -0.05) is 6.07 Å². The first kappa shape index (κ1) is 43.4. The number of hydrogen-bond donors (Lipinski definition) is 2. The summed E-state index contributed by atoms with van der Waals surface area (Å²) in [5, 5.41) is 13.4. The second kappa shape index (κ2) is 16.6. The molecule has 21 heteroatoms. The molecule has 1 aromatic carbocycles. The summed E-state index contributed by atoms with van der Waals surface area (Å²) < 4.78 is 72.6. The zero-order valence-corrected chi connectivity index (χ0v) is 36.1. The molecule has 3 saturated heterocycles. The van der Waals surface area contributed by atoms with E-state index in [0.717, 1.165) is 0 Å². The number of halogens is 4. The number of fused-ring (bicyclic) bond motifs is 2. The van der Waals surface area contributed by atoms with Crippen LogP contribution in [0.15, 0.2) is 47.7 Å². The number of nitrogens with zero attached hydrogens (tertiary/aromatic N) is 10. The maximum absolute atomic E-state index is 16.2. The van der Waals surface area contributed by atoms with E-state index < -0.39 is 60.1 Å². The summed E-state index contributed by atoms with van der Waals surface area (Å²) in [6, 6.07) is 4.72. The van der Waals surface area contributed by atoms with Crippen LogP contribution in [-0.2, 0) is 21.4 Å². The van der Waals surface area contributed by atoms with Crippen molar-refractivity contribution in [3.05, 3.63) is 64.6 Å². The van der Waals surface area contributed by atoms with Crippen LogP contribution in [0, 0.1) is 5.92 Å². The molecule has 2 atom stereocenters. The number of alkyl halides is 4. The fraction of sp³-hybridized carbons (Fsp3) is 0.558. The van der Waals surface area contributed by atoms with Gasteiger partial charge < -0.3 is 19.9 Å². The lowest BCUT2D eigenvalue weighted by molar-refractivity contribution is -0.135. The van der Waals surface area contributed by atoms with Gasteiger partial charge in [-0.25, -0.2) is 31.9 Å². The van der Waals surface area contributed by atoms with Gasteiger partial charge in [0, 0.05) is 52.0 Å². The van der Waals surface area contributed by atoms with Gasteiger partial charge in [-0.15, -0.1) is 0 Å². The SMILES string of the molecule is CN(C[C@H]1CC[C@H](n2cc(NC(=O)c3cnn4ccc(N5CCOC(C)(C)C5)nc34)c(C(F)F)n2)CC1)C1CCN(c2cccc3c2n(C)c(=O)n3C2CCC(=O)NC2=O)CC1(F)F. The number of carbonyl (C=O) groups excluding carboxylic acids is 3. The molecule has 4 aromatic heterocycles. The number of rotatable bonds is 10. The quantitative estimate of drug-likeness (QED) is 0.144. The molecule has 4 fully saturated rings. The molecule has 17 nitrogen and oxygen atoms in total. The van der Waals surface area contributed by atoms with Crippen molar-refractivity contribution in [3.63, 3.8) is 0 Å². The standard InChI is InChI=1S/C43H52F4N12O5/c1-42(2)23-56(18-19-64-42)33-15-17-57-38(50-33)27(20-48-57)39(61)49-28-22-58(52-35(28)37(44)45)26-10-8-25(9-11-26)21-53(3)32-14-16-55(24-43(32,46)47)29-6-5-7-30-36(29)54(4)41(63)59(30)31-12-13-34(60)51-40(31)62/h5-7,15,17,20,22,25-26,31-32,37H,8-14,16,18-19,21,23-24H2,1-4H3,(H,49,61)(H,51,60,62)/t25-,26-,31?,32?. The number of benzene rings is 1. The summed E-state index contributed by atoms with van der Waals surface area (Å²) in [6.07, 6.45) is 4.46. The molecule has 0 spiro atoms. The summed E-state index contributed by atoms with van der Waals surface area (Å²) in [7, 11) is 3.27. The number of anilines is 3. The van der Waals surface area contributed by atoms with Gasteiger partial charge in [0.25, 0.3) is 18.3 Å². The highest BCUT2D eigenvalue weighted by Crippen LogP contribution is 2.39. The summed E-state index contributed by atoms with van der Waals surface area (Å²) in [5.74, 6) is -4.00. The van der Waals surface area contributed by atoms with Crippen molar-refractivity contribution in [2.75, 3.05) is 61.5 Å². The minimum Gasteiger partial charge on any atom is -0.372 e. The predicted octanol–water partition coefficient (Wildman–Crippen LogP) is 4.94. The Morgan fingerprint density at radius 2 is 1.81 bits per heavy atom. The topological polar surface area (TPSA) is 169 Å². The van der Waals surface area contributed by atoms with Crippen LogP contribution in [0.4, 0.5) is 34.8 Å². The second-order valence-electron chi connectivity index (χ2n) is 18.2. The average Bonchev–Trinajstić information content (AvgIpc) is 3.94. The molecule has 4 aliphatic rings. The molecule has 5 aromatic rings. The van der Waals surface area contributed by atoms with E-state index in [9.17, 15) is 28.0 Å². The van der Waals surface area contributed by atoms with Crippen molar-refractivity contribution in [1.29, 1.82) is 0 Å². The lowest BCUT2D eigenvalue weighted by Crippen LogP contribution is -2.58. The Kier molecular flexibility index (Phi) is 11.3. The summed E-state index contributed by atoms with van der Waals surface area (Å²) in [6.45, 7) is 5.86. The van der Waals surface area contributed by atoms with Crippen LogP contribution in [0.5, 0.6) is 0 Å². The lowest BCUT2D eigenvalue weighted by Gasteiger charge is -2.44. The largest absolute Gasteiger partial charge is 0.372 e. The second-order valence-corrected chi connectivity index (χ2v) is 18.2. The molecule has 0 bridgehead atoms. The number of ether oxygens (including phenoxy) is 1. The maximum atomic E-state index is 16.2. The van der Waals surface area contributed by atoms with E-state index >= 15 is 8.78 Å². The molecule has 9 rings (SSSR count). The molecule has 3 amide bonds. The van der Waals surface area contributed by atoms with Crippen LogP contribution >= 0.6 is 0 Å². The molecule has 0 radical (unpaired) electrons. The molecule has 3 aliphatic heterocycles. The number of aromatic nitrogens is 7. The van der Waals surface area contributed by atoms with Gasteiger partial charge in [0.2, 0.25) is 11.8 Å². The Balaban J connectivity index is 0.827. The summed E-state index contributed by atoms with van der Waals surface area (Å²) >= 11 is 0. The summed E-state index contributed by atoms with van der Waals surface area (Å²) in [4.78, 5) is 61.7. The smallest absolute Gasteiger partial charge is 0.329 e. The van der Waals surface area contributed by atoms with Crippen molar-refractivity contribution < 1.29 is 36.7 Å². The number of aryl methyl sites for hydroxylation is 1. The number of imidazole rings is 1. The van der Waals surface area contributed by atoms with Crippen LogP contribution in [0.3, 0.4) is 0 Å². The molecule has 2 unspecified atom stereocenters. The lowest BCUT2D eigenvalue weighted by atomic mass is 9.85. The van der Waals surface area contributed by atoms with Crippen LogP contribution in [0.25, 0.3) is 16.7 Å². The molecule has 342 valence electrons. The van der Waals surface area contributed by atoms with Crippen LogP contribution in [0.1, 0.15) is 93.4 Å². The number of imide groups is 1. The van der Waals surface area contributed by atoms with E-state index in [1.807, 2.05) is 13.8 Å². The molecule has 7 heterocycles. The van der Waals surface area contributed by atoms with E-state index in [1.54, 1.807) is 54.4 Å². The highest BCUT2D eigenvalue weighted by molar-refractivity contribution is 6.08. The highest BCUT2D eigenvalue weighted by atomic mass is 19.3. The number of morpholine rings is 1. The van der Waals surface area contributed by atoms with Crippen molar-refractivity contribution in [1.82, 2.24) is 43.7 Å². The van der Waals surface area contributed by atoms with Crippen molar-refractivity contribution in [3.8, 4) is 0 Å². The number of para-hydroxylation sites is 1. The number of hydrogen-bond acceptors (Lipinski definition) is 11. The summed E-state index contributed by atoms with van der Waals surface area (Å²) in [5.41, 5.74) is 0.236. The molecular weight excluding hydrogens is 841 g/mol. The Bertz CT molecular complexity index is 2670. The minimum atomic E-state index is -3.11. The molecule has 2 N–H and O–H groups in total. The molecular formula is C43H52F4N12O5. The van der Waals surface area contributed by atoms with Crippen LogP contribution < -0.4 is 26.1 Å². The first-order valence-corrected chi connectivity index (χ1v) is 21.8. The van der Waals surface area contributed by atoms with Gasteiger partial charge >= 0.3 is 5.69 Å². The van der Waals surface area contributed by atoms with Crippen LogP contribution in [-0.4, -0.2) is 120 Å². The molecule has 64 heavy (non-hydrogen) atoms. The highest BCUT2D eigenvalue weighted by Gasteiger charge is 2.47. The van der Waals surface area contributed by atoms with Crippen LogP contribution in [0.2, 0.25) is 0 Å². The zero-order chi connectivity index (χ0) is 45.2. The van der Waals surface area contributed by atoms with Crippen molar-refractivity contribution in [2.45, 2.75) is 94.9 Å². The number of nitrogens with one attached hydrogen (secondary N) is 2. The van der Waals surface area contributed by atoms with E-state index in [-0.39, 0.29) is 53.7 Å². The normalized spacial score (nSPS) is 24.0. The Labute approximate surface area is 365 Å². The minimum absolute atomic E-state index is 0.0866. The maximum Gasteiger partial charge on any atom is 0.329 e. The van der Waals surface area contributed by atoms with Gasteiger partial charge in [-0.05, 0) is 83.5 Å². The fourth-order valence-corrected chi connectivity index (χ4v) is 10.2. The Hall–Kier alpha value is -5.83. The predicted molar refractivity (Wildman–Crippen MR) is 228 cm³/mol. The third kappa shape index (κ3) is 8.11. The van der Waals surface area contributed by atoms with E-state index in [1.165, 1.54) is 30.7 Å². The van der Waals surface area contributed by atoms with Gasteiger partial charge in [0.05, 0.1) is 59.4 Å². The third-order valence-electron chi connectivity index (χ3n) is 13.3. The van der Waals surface area contributed by atoms with Gasteiger partial charge in [-0.2, -0.15) is 10.2 Å². The molecule has 1 aliphatic carbocycles. The third-order valence-corrected chi connectivity index (χ3v) is 13.3. The van der Waals surface area contributed by atoms with E-state index in [4.69, 9.17) is 9.72 Å². The van der Waals surface area contributed by atoms with Gasteiger partial charge in [0.15, 0.2) is 11.3 Å². The molecule has 1 saturated carbocycles. The monoisotopic (exact) mass is 892 g/mol. The van der Waals surface area contributed by atoms with Crippen molar-refractivity contribution in [2.24, 2.45) is 13.0 Å². The number of carbonyl (C=O) groups is 3. The van der Waals surface area contributed by atoms with E-state index in [2.05, 4.69) is 25.7 Å². The first-order chi connectivity index (χ1) is 30.5. The number of piperidine rings is 2. The fourth-order valence-electron chi connectivity index (χ4n) is 10.2. The first-order valence-electron chi connectivity index (χ1n) is 21.8. The Morgan fingerprint density at radius 1 is 1.03 bits per heavy atom. The van der Waals surface area contributed by atoms with E-state index in [0.29, 0.717) is 81.0 Å².